The van der Waals surface area contributed by atoms with Crippen LogP contribution in [0.15, 0.2) is 35.5 Å². The molecule has 90 valence electrons. The summed E-state index contributed by atoms with van der Waals surface area (Å²) >= 11 is 4.89. The SMILES string of the molecule is COC(=O)C([S-])=C(C(=O)OC)[n+]1ccccc1. The number of aromatic nitrogens is 1. The molecule has 0 N–H and O–H groups in total. The van der Waals surface area contributed by atoms with Crippen LogP contribution in [0, 0.1) is 0 Å². The molecular weight excluding hydrogens is 242 g/mol. The number of methoxy groups -OCH3 is 2. The molecule has 1 aromatic heterocycles. The van der Waals surface area contributed by atoms with E-state index in [2.05, 4.69) is 9.47 Å². The maximum atomic E-state index is 11.6. The predicted octanol–water partition coefficient (Wildman–Crippen LogP) is 0.0356. The Balaban J connectivity index is 3.32. The average Bonchev–Trinajstić information content (AvgIpc) is 2.38. The summed E-state index contributed by atoms with van der Waals surface area (Å²) in [5, 5.41) is 0. The molecule has 6 heteroatoms. The van der Waals surface area contributed by atoms with Crippen LogP contribution in [0.4, 0.5) is 0 Å². The second-order valence-electron chi connectivity index (χ2n) is 2.94. The number of nitrogens with zero attached hydrogens (tertiary/aromatic N) is 1. The van der Waals surface area contributed by atoms with E-state index in [1.54, 1.807) is 30.6 Å². The molecule has 0 spiro atoms. The minimum absolute atomic E-state index is 0.0463. The van der Waals surface area contributed by atoms with Crippen LogP contribution in [0.2, 0.25) is 0 Å². The molecule has 0 fully saturated rings. The van der Waals surface area contributed by atoms with Gasteiger partial charge in [-0.15, -0.1) is 0 Å². The van der Waals surface area contributed by atoms with Crippen molar-refractivity contribution in [2.75, 3.05) is 14.2 Å². The first-order valence-corrected chi connectivity index (χ1v) is 5.07. The largest absolute Gasteiger partial charge is 0.766 e. The highest BCUT2D eigenvalue weighted by Crippen LogP contribution is 2.06. The average molecular weight is 253 g/mol. The molecule has 0 saturated carbocycles. The molecule has 0 amide bonds. The van der Waals surface area contributed by atoms with Gasteiger partial charge in [0.15, 0.2) is 12.4 Å². The second-order valence-corrected chi connectivity index (χ2v) is 3.35. The summed E-state index contributed by atoms with van der Waals surface area (Å²) in [6.45, 7) is 0. The van der Waals surface area contributed by atoms with Crippen molar-refractivity contribution in [3.05, 3.63) is 35.5 Å². The zero-order valence-corrected chi connectivity index (χ0v) is 10.2. The van der Waals surface area contributed by atoms with E-state index in [0.29, 0.717) is 0 Å². The number of carbonyl (C=O) groups is 2. The van der Waals surface area contributed by atoms with Crippen LogP contribution < -0.4 is 4.57 Å². The molecule has 5 nitrogen and oxygen atoms in total. The molecule has 1 rings (SSSR count). The molecule has 0 aliphatic rings. The van der Waals surface area contributed by atoms with Gasteiger partial charge in [0.1, 0.15) is 0 Å². The standard InChI is InChI=1S/C11H11NO4S/c1-15-10(13)8(9(17)11(14)16-2)12-6-4-3-5-7-12/h3-7H,1-2H3. The summed E-state index contributed by atoms with van der Waals surface area (Å²) in [5.41, 5.74) is -0.0463. The number of rotatable bonds is 3. The molecule has 0 bridgehead atoms. The van der Waals surface area contributed by atoms with Gasteiger partial charge >= 0.3 is 11.9 Å². The van der Waals surface area contributed by atoms with Gasteiger partial charge in [-0.1, -0.05) is 6.07 Å². The monoisotopic (exact) mass is 253 g/mol. The molecular formula is C11H11NO4S. The van der Waals surface area contributed by atoms with Gasteiger partial charge in [-0.25, -0.2) is 9.59 Å². The van der Waals surface area contributed by atoms with Crippen molar-refractivity contribution in [3.8, 4) is 0 Å². The Morgan fingerprint density at radius 3 is 2.00 bits per heavy atom. The number of pyridine rings is 1. The van der Waals surface area contributed by atoms with Gasteiger partial charge in [-0.3, -0.25) is 0 Å². The third-order valence-electron chi connectivity index (χ3n) is 1.94. The summed E-state index contributed by atoms with van der Waals surface area (Å²) in [7, 11) is 2.41. The third kappa shape index (κ3) is 3.01. The number of ether oxygens (including phenoxy) is 2. The summed E-state index contributed by atoms with van der Waals surface area (Å²) in [4.78, 5) is 22.7. The Bertz CT molecular complexity index is 456. The molecule has 17 heavy (non-hydrogen) atoms. The summed E-state index contributed by atoms with van der Waals surface area (Å²) in [5.74, 6) is -1.45. The molecule has 1 heterocycles. The smallest absolute Gasteiger partial charge is 0.402 e. The number of carbonyl (C=O) groups excluding carboxylic acids is 2. The lowest BCUT2D eigenvalue weighted by atomic mass is 10.3. The van der Waals surface area contributed by atoms with Crippen LogP contribution in [0.1, 0.15) is 0 Å². The molecule has 1 aromatic rings. The van der Waals surface area contributed by atoms with Gasteiger partial charge in [0.05, 0.1) is 14.2 Å². The van der Waals surface area contributed by atoms with Crippen LogP contribution >= 0.6 is 0 Å². The normalized spacial score (nSPS) is 11.4. The highest BCUT2D eigenvalue weighted by atomic mass is 32.1. The van der Waals surface area contributed by atoms with E-state index in [1.165, 1.54) is 18.8 Å². The van der Waals surface area contributed by atoms with Crippen molar-refractivity contribution in [2.45, 2.75) is 0 Å². The number of esters is 2. The maximum absolute atomic E-state index is 11.6. The minimum atomic E-state index is -0.753. The molecule has 0 aliphatic heterocycles. The van der Waals surface area contributed by atoms with Crippen molar-refractivity contribution >= 4 is 30.3 Å². The molecule has 0 saturated heterocycles. The van der Waals surface area contributed by atoms with Crippen LogP contribution in [0.25, 0.3) is 5.70 Å². The lowest BCUT2D eigenvalue weighted by molar-refractivity contribution is -0.578. The molecule has 0 unspecified atom stereocenters. The molecule has 0 atom stereocenters. The topological polar surface area (TPSA) is 56.5 Å². The first kappa shape index (κ1) is 13.1. The zero-order valence-electron chi connectivity index (χ0n) is 9.38. The fourth-order valence-corrected chi connectivity index (χ4v) is 1.42. The van der Waals surface area contributed by atoms with Gasteiger partial charge in [0.2, 0.25) is 0 Å². The molecule has 0 radical (unpaired) electrons. The molecule has 0 aliphatic carbocycles. The first-order valence-electron chi connectivity index (χ1n) is 4.66. The van der Waals surface area contributed by atoms with Crippen molar-refractivity contribution in [3.63, 3.8) is 0 Å². The Kier molecular flexibility index (Phi) is 4.59. The Morgan fingerprint density at radius 1 is 1.00 bits per heavy atom. The van der Waals surface area contributed by atoms with E-state index in [4.69, 9.17) is 12.6 Å². The van der Waals surface area contributed by atoms with E-state index in [1.807, 2.05) is 0 Å². The van der Waals surface area contributed by atoms with Crippen molar-refractivity contribution < 1.29 is 23.6 Å². The second kappa shape index (κ2) is 5.95. The molecule has 0 aromatic carbocycles. The minimum Gasteiger partial charge on any atom is -0.766 e. The van der Waals surface area contributed by atoms with Crippen LogP contribution in [0.5, 0.6) is 0 Å². The number of hydrogen-bond donors (Lipinski definition) is 0. The Labute approximate surface area is 104 Å². The van der Waals surface area contributed by atoms with Gasteiger partial charge in [0.25, 0.3) is 5.70 Å². The lowest BCUT2D eigenvalue weighted by Gasteiger charge is -2.10. The van der Waals surface area contributed by atoms with E-state index in [9.17, 15) is 9.59 Å². The van der Waals surface area contributed by atoms with Crippen molar-refractivity contribution in [2.24, 2.45) is 0 Å². The Hall–Kier alpha value is -1.95. The predicted molar refractivity (Wildman–Crippen MR) is 61.3 cm³/mol. The van der Waals surface area contributed by atoms with Gasteiger partial charge in [-0.05, 0) is 4.91 Å². The number of hydrogen-bond acceptors (Lipinski definition) is 5. The highest BCUT2D eigenvalue weighted by molar-refractivity contribution is 7.65. The summed E-state index contributed by atoms with van der Waals surface area (Å²) < 4.78 is 10.5. The van der Waals surface area contributed by atoms with Crippen molar-refractivity contribution in [1.82, 2.24) is 0 Å². The van der Waals surface area contributed by atoms with Gasteiger partial charge in [-0.2, -0.15) is 4.57 Å². The highest BCUT2D eigenvalue weighted by Gasteiger charge is 2.23. The van der Waals surface area contributed by atoms with Gasteiger partial charge in [0, 0.05) is 12.1 Å². The zero-order chi connectivity index (χ0) is 12.8. The van der Waals surface area contributed by atoms with Crippen molar-refractivity contribution in [1.29, 1.82) is 0 Å². The Morgan fingerprint density at radius 2 is 1.53 bits per heavy atom. The quantitative estimate of drug-likeness (QED) is 0.329. The maximum Gasteiger partial charge on any atom is 0.402 e. The summed E-state index contributed by atoms with van der Waals surface area (Å²) in [6, 6.07) is 5.16. The van der Waals surface area contributed by atoms with Gasteiger partial charge < -0.3 is 22.1 Å². The lowest BCUT2D eigenvalue weighted by Crippen LogP contribution is -2.38. The van der Waals surface area contributed by atoms with Crippen LogP contribution in [-0.4, -0.2) is 26.2 Å². The third-order valence-corrected chi connectivity index (χ3v) is 2.30. The first-order chi connectivity index (χ1) is 8.11. The van der Waals surface area contributed by atoms with E-state index < -0.39 is 11.9 Å². The fourth-order valence-electron chi connectivity index (χ4n) is 1.15. The van der Waals surface area contributed by atoms with E-state index in [0.717, 1.165) is 0 Å². The fraction of sp³-hybridized carbons (Fsp3) is 0.182. The van der Waals surface area contributed by atoms with E-state index in [-0.39, 0.29) is 10.6 Å². The van der Waals surface area contributed by atoms with Crippen LogP contribution in [-0.2, 0) is 31.7 Å². The van der Waals surface area contributed by atoms with Crippen LogP contribution in [0.3, 0.4) is 0 Å². The summed E-state index contributed by atoms with van der Waals surface area (Å²) in [6.07, 6.45) is 3.17. The van der Waals surface area contributed by atoms with E-state index >= 15 is 0 Å².